The molecule has 4 heteroatoms. The number of hydrogen-bond donors (Lipinski definition) is 0. The number of unbranched alkanes of at least 4 members (excludes halogenated alkanes) is 15. The average molecular weight is 380 g/mol. The normalized spacial score (nSPS) is 11.3. The lowest BCUT2D eigenvalue weighted by Gasteiger charge is -2.23. The summed E-state index contributed by atoms with van der Waals surface area (Å²) < 4.78 is 17.6. The molecule has 0 aromatic heterocycles. The zero-order valence-electron chi connectivity index (χ0n) is 17.7. The molecule has 0 aromatic rings. The van der Waals surface area contributed by atoms with Crippen molar-refractivity contribution in [2.75, 3.05) is 27.7 Å². The van der Waals surface area contributed by atoms with E-state index in [2.05, 4.69) is 28.1 Å². The Labute approximate surface area is 162 Å². The Morgan fingerprint density at radius 3 is 1.00 bits per heavy atom. The number of hydrogen-bond acceptors (Lipinski definition) is 2. The molecule has 0 saturated carbocycles. The highest BCUT2D eigenvalue weighted by Gasteiger charge is 2.04. The second-order valence-corrected chi connectivity index (χ2v) is 8.51. The third-order valence-corrected chi connectivity index (χ3v) is 4.68. The summed E-state index contributed by atoms with van der Waals surface area (Å²) in [6.07, 6.45) is 23.4. The van der Waals surface area contributed by atoms with Gasteiger partial charge in [-0.2, -0.15) is 0 Å². The van der Waals surface area contributed by atoms with Gasteiger partial charge in [0.1, 0.15) is 0 Å². The molecule has 0 aliphatic carbocycles. The van der Waals surface area contributed by atoms with E-state index in [1.54, 1.807) is 0 Å². The molecule has 0 aliphatic heterocycles. The van der Waals surface area contributed by atoms with Gasteiger partial charge in [-0.15, -0.1) is 0 Å². The molecule has 0 aromatic carbocycles. The molecule has 25 heavy (non-hydrogen) atoms. The second-order valence-electron chi connectivity index (χ2n) is 8.38. The van der Waals surface area contributed by atoms with Gasteiger partial charge in [0.25, 0.3) is 0 Å². The highest BCUT2D eigenvalue weighted by molar-refractivity contribution is 4.49. The standard InChI is InChI=1S/C21H46N.ClO2/c1-5-6-7-8-9-10-11-12-13-14-15-16-17-18-19-20-21-22(2,3)4;2-1-3/h5-21H2,1-4H3;/q+1;-1. The molecule has 0 unspecified atom stereocenters. The fourth-order valence-electron chi connectivity index (χ4n) is 3.13. The van der Waals surface area contributed by atoms with E-state index in [0.717, 1.165) is 4.48 Å². The van der Waals surface area contributed by atoms with Crippen LogP contribution in [0.25, 0.3) is 0 Å². The third kappa shape index (κ3) is 32.3. The van der Waals surface area contributed by atoms with Crippen molar-refractivity contribution in [1.82, 2.24) is 0 Å². The second kappa shape index (κ2) is 22.2. The van der Waals surface area contributed by atoms with Crippen LogP contribution in [-0.4, -0.2) is 32.2 Å². The first kappa shape index (κ1) is 27.4. The first-order valence-electron chi connectivity index (χ1n) is 10.7. The molecule has 0 heterocycles. The van der Waals surface area contributed by atoms with Gasteiger partial charge < -0.3 is 13.8 Å². The highest BCUT2D eigenvalue weighted by Crippen LogP contribution is 2.13. The summed E-state index contributed by atoms with van der Waals surface area (Å²) in [7, 11) is 6.89. The van der Waals surface area contributed by atoms with Crippen molar-refractivity contribution >= 4 is 0 Å². The minimum Gasteiger partial charge on any atom is -0.544 e. The lowest BCUT2D eigenvalue weighted by molar-refractivity contribution is -1.41. The van der Waals surface area contributed by atoms with Gasteiger partial charge in [-0.1, -0.05) is 96.8 Å². The van der Waals surface area contributed by atoms with Crippen molar-refractivity contribution in [3.63, 3.8) is 0 Å². The third-order valence-electron chi connectivity index (χ3n) is 4.68. The van der Waals surface area contributed by atoms with Gasteiger partial charge in [0.05, 0.1) is 39.0 Å². The maximum atomic E-state index is 8.24. The quantitative estimate of drug-likeness (QED) is 0.274. The SMILES string of the molecule is CCCCCCCCCCCCCCCCCC[N+](C)(C)C.[O-][Cl+][O-]. The van der Waals surface area contributed by atoms with Gasteiger partial charge in [0.15, 0.2) is 0 Å². The average Bonchev–Trinajstić information content (AvgIpc) is 2.54. The predicted octanol–water partition coefficient (Wildman–Crippen LogP) is 4.58. The Bertz CT molecular complexity index is 232. The summed E-state index contributed by atoms with van der Waals surface area (Å²) in [6.45, 7) is 3.63. The van der Waals surface area contributed by atoms with Crippen LogP contribution in [0.3, 0.4) is 0 Å². The fraction of sp³-hybridized carbons (Fsp3) is 1.00. The van der Waals surface area contributed by atoms with Gasteiger partial charge in [0, 0.05) is 0 Å². The van der Waals surface area contributed by atoms with Crippen molar-refractivity contribution < 1.29 is 25.1 Å². The maximum absolute atomic E-state index is 8.24. The van der Waals surface area contributed by atoms with E-state index in [-0.39, 0.29) is 0 Å². The Morgan fingerprint density at radius 1 is 0.520 bits per heavy atom. The molecule has 0 aliphatic rings. The summed E-state index contributed by atoms with van der Waals surface area (Å²) in [5.41, 5.74) is 0. The smallest absolute Gasteiger partial charge is 0.0878 e. The van der Waals surface area contributed by atoms with Crippen LogP contribution in [0.2, 0.25) is 0 Å². The van der Waals surface area contributed by atoms with Gasteiger partial charge in [0.2, 0.25) is 0 Å². The number of rotatable bonds is 17. The number of nitrogens with zero attached hydrogens (tertiary/aromatic N) is 1. The highest BCUT2D eigenvalue weighted by atomic mass is 35.6. The minimum atomic E-state index is -0.417. The largest absolute Gasteiger partial charge is 0.544 e. The molecule has 0 spiro atoms. The molecule has 0 amide bonds. The van der Waals surface area contributed by atoms with Crippen LogP contribution in [0.5, 0.6) is 0 Å². The van der Waals surface area contributed by atoms with E-state index in [9.17, 15) is 0 Å². The van der Waals surface area contributed by atoms with E-state index >= 15 is 0 Å². The van der Waals surface area contributed by atoms with Crippen LogP contribution in [-0.2, 0) is 0 Å². The van der Waals surface area contributed by atoms with E-state index in [1.165, 1.54) is 109 Å². The Kier molecular flexibility index (Phi) is 24.3. The summed E-state index contributed by atoms with van der Waals surface area (Å²) in [5, 5.41) is 0. The van der Waals surface area contributed by atoms with Crippen molar-refractivity contribution in [2.45, 2.75) is 110 Å². The van der Waals surface area contributed by atoms with Crippen molar-refractivity contribution in [1.29, 1.82) is 0 Å². The maximum Gasteiger partial charge on any atom is 0.0878 e. The lowest BCUT2D eigenvalue weighted by Crippen LogP contribution is -2.35. The topological polar surface area (TPSA) is 46.1 Å². The van der Waals surface area contributed by atoms with E-state index in [0.29, 0.717) is 0 Å². The lowest BCUT2D eigenvalue weighted by atomic mass is 10.0. The zero-order valence-corrected chi connectivity index (χ0v) is 18.4. The predicted molar refractivity (Wildman–Crippen MR) is 102 cm³/mol. The van der Waals surface area contributed by atoms with Crippen LogP contribution < -0.4 is 9.32 Å². The monoisotopic (exact) mass is 379 g/mol. The number of halogens is 1. The molecule has 0 N–H and O–H groups in total. The molecule has 0 radical (unpaired) electrons. The molecule has 0 fully saturated rings. The Morgan fingerprint density at radius 2 is 0.760 bits per heavy atom. The minimum absolute atomic E-state index is 0.417. The molecule has 0 saturated heterocycles. The van der Waals surface area contributed by atoms with E-state index in [1.807, 2.05) is 0 Å². The summed E-state index contributed by atoms with van der Waals surface area (Å²) >= 11 is -0.417. The van der Waals surface area contributed by atoms with Crippen LogP contribution in [0.1, 0.15) is 110 Å². The van der Waals surface area contributed by atoms with E-state index < -0.39 is 11.3 Å². The molecular formula is C21H46ClNO2. The van der Waals surface area contributed by atoms with Crippen molar-refractivity contribution in [3.8, 4) is 0 Å². The molecule has 0 rings (SSSR count). The van der Waals surface area contributed by atoms with Gasteiger partial charge in [-0.05, 0) is 12.8 Å². The fourth-order valence-corrected chi connectivity index (χ4v) is 3.13. The molecule has 154 valence electrons. The zero-order chi connectivity index (χ0) is 19.2. The van der Waals surface area contributed by atoms with Crippen LogP contribution in [0, 0.1) is 11.3 Å². The molecule has 0 bridgehead atoms. The van der Waals surface area contributed by atoms with Gasteiger partial charge in [-0.3, -0.25) is 0 Å². The summed E-state index contributed by atoms with van der Waals surface area (Å²) in [4.78, 5) is 0. The van der Waals surface area contributed by atoms with Crippen LogP contribution in [0.4, 0.5) is 0 Å². The first-order valence-corrected chi connectivity index (χ1v) is 11.3. The van der Waals surface area contributed by atoms with E-state index in [4.69, 9.17) is 9.32 Å². The molecule has 3 nitrogen and oxygen atoms in total. The van der Waals surface area contributed by atoms with Crippen LogP contribution >= 0.6 is 0 Å². The van der Waals surface area contributed by atoms with Gasteiger partial charge >= 0.3 is 0 Å². The van der Waals surface area contributed by atoms with Crippen molar-refractivity contribution in [3.05, 3.63) is 0 Å². The molecular weight excluding hydrogens is 334 g/mol. The molecule has 0 atom stereocenters. The Balaban J connectivity index is 0. The van der Waals surface area contributed by atoms with Crippen LogP contribution in [0.15, 0.2) is 0 Å². The number of quaternary nitrogens is 1. The summed E-state index contributed by atoms with van der Waals surface area (Å²) in [5.74, 6) is 0. The van der Waals surface area contributed by atoms with Gasteiger partial charge in [-0.25, -0.2) is 0 Å². The first-order chi connectivity index (χ1) is 12.0. The summed E-state index contributed by atoms with van der Waals surface area (Å²) in [6, 6.07) is 0. The van der Waals surface area contributed by atoms with Crippen molar-refractivity contribution in [2.24, 2.45) is 0 Å². The Hall–Kier alpha value is 0.170.